The van der Waals surface area contributed by atoms with Crippen molar-refractivity contribution < 1.29 is 9.53 Å². The Labute approximate surface area is 126 Å². The molecule has 2 rings (SSSR count). The summed E-state index contributed by atoms with van der Waals surface area (Å²) in [5.41, 5.74) is 0.643. The maximum atomic E-state index is 12.7. The Morgan fingerprint density at radius 3 is 3.10 bits per heavy atom. The first-order valence-electron chi connectivity index (χ1n) is 7.53. The number of nitrogens with one attached hydrogen (secondary N) is 1. The molecule has 4 nitrogen and oxygen atoms in total. The van der Waals surface area contributed by atoms with Crippen LogP contribution in [-0.4, -0.2) is 44.1 Å². The molecule has 1 saturated heterocycles. The van der Waals surface area contributed by atoms with Gasteiger partial charge in [0.25, 0.3) is 5.91 Å². The molecule has 0 spiro atoms. The van der Waals surface area contributed by atoms with Crippen molar-refractivity contribution in [3.8, 4) is 5.75 Å². The number of nitrogens with zero attached hydrogens (tertiary/aromatic N) is 1. The normalized spacial score (nSPS) is 18.3. The molecule has 0 radical (unpaired) electrons. The van der Waals surface area contributed by atoms with E-state index in [1.165, 1.54) is 6.42 Å². The molecule has 1 aliphatic heterocycles. The van der Waals surface area contributed by atoms with Crippen LogP contribution in [0.5, 0.6) is 5.75 Å². The number of benzene rings is 1. The molecule has 1 amide bonds. The third kappa shape index (κ3) is 4.08. The summed E-state index contributed by atoms with van der Waals surface area (Å²) in [6.07, 6.45) is 3.93. The zero-order chi connectivity index (χ0) is 15.1. The standard InChI is InChI=1S/C17H24N2O2/c1-3-11-21-16-9-5-4-8-15(16)17(20)19-10-6-7-14(13-19)12-18-2/h3-5,8-9,14,18H,1,6-7,10-13H2,2H3. The Morgan fingerprint density at radius 1 is 1.52 bits per heavy atom. The quantitative estimate of drug-likeness (QED) is 0.817. The molecule has 0 bridgehead atoms. The van der Waals surface area contributed by atoms with E-state index in [0.717, 1.165) is 26.1 Å². The summed E-state index contributed by atoms with van der Waals surface area (Å²) < 4.78 is 5.59. The van der Waals surface area contributed by atoms with Crippen LogP contribution in [0.25, 0.3) is 0 Å². The second kappa shape index (κ2) is 7.84. The summed E-state index contributed by atoms with van der Waals surface area (Å²) in [7, 11) is 1.96. The van der Waals surface area contributed by atoms with Crippen LogP contribution in [0.15, 0.2) is 36.9 Å². The van der Waals surface area contributed by atoms with E-state index in [1.54, 1.807) is 6.08 Å². The van der Waals surface area contributed by atoms with Gasteiger partial charge in [-0.25, -0.2) is 0 Å². The largest absolute Gasteiger partial charge is 0.489 e. The Bertz CT molecular complexity index is 485. The van der Waals surface area contributed by atoms with Crippen LogP contribution in [0.3, 0.4) is 0 Å². The van der Waals surface area contributed by atoms with E-state index < -0.39 is 0 Å². The van der Waals surface area contributed by atoms with Gasteiger partial charge < -0.3 is 15.0 Å². The number of rotatable bonds is 6. The highest BCUT2D eigenvalue weighted by Crippen LogP contribution is 2.23. The fraction of sp³-hybridized carbons (Fsp3) is 0.471. The SMILES string of the molecule is C=CCOc1ccccc1C(=O)N1CCCC(CNC)C1. The summed E-state index contributed by atoms with van der Waals surface area (Å²) >= 11 is 0. The van der Waals surface area contributed by atoms with Crippen molar-refractivity contribution >= 4 is 5.91 Å². The van der Waals surface area contributed by atoms with E-state index in [-0.39, 0.29) is 5.91 Å². The van der Waals surface area contributed by atoms with E-state index in [9.17, 15) is 4.79 Å². The molecule has 1 aromatic carbocycles. The molecule has 1 heterocycles. The minimum absolute atomic E-state index is 0.0652. The van der Waals surface area contributed by atoms with Gasteiger partial charge in [0.05, 0.1) is 5.56 Å². The van der Waals surface area contributed by atoms with Gasteiger partial charge in [-0.1, -0.05) is 24.8 Å². The Hall–Kier alpha value is -1.81. The van der Waals surface area contributed by atoms with Gasteiger partial charge in [0.1, 0.15) is 12.4 Å². The van der Waals surface area contributed by atoms with Gasteiger partial charge in [0.15, 0.2) is 0 Å². The van der Waals surface area contributed by atoms with E-state index in [2.05, 4.69) is 11.9 Å². The number of piperidine rings is 1. The molecule has 4 heteroatoms. The maximum absolute atomic E-state index is 12.7. The second-order valence-electron chi connectivity index (χ2n) is 5.41. The lowest BCUT2D eigenvalue weighted by molar-refractivity contribution is 0.0670. The molecule has 1 aliphatic rings. The van der Waals surface area contributed by atoms with Crippen molar-refractivity contribution in [1.29, 1.82) is 0 Å². The number of hydrogen-bond donors (Lipinski definition) is 1. The number of ether oxygens (including phenoxy) is 1. The lowest BCUT2D eigenvalue weighted by Crippen LogP contribution is -2.42. The molecule has 1 atom stereocenters. The third-order valence-corrected chi connectivity index (χ3v) is 3.77. The molecule has 114 valence electrons. The van der Waals surface area contributed by atoms with Crippen LogP contribution in [0.1, 0.15) is 23.2 Å². The number of carbonyl (C=O) groups is 1. The maximum Gasteiger partial charge on any atom is 0.257 e. The van der Waals surface area contributed by atoms with E-state index in [0.29, 0.717) is 23.8 Å². The Morgan fingerprint density at radius 2 is 2.33 bits per heavy atom. The van der Waals surface area contributed by atoms with Crippen molar-refractivity contribution in [2.24, 2.45) is 5.92 Å². The number of amides is 1. The molecule has 0 aromatic heterocycles. The van der Waals surface area contributed by atoms with Crippen molar-refractivity contribution in [1.82, 2.24) is 10.2 Å². The minimum Gasteiger partial charge on any atom is -0.489 e. The first kappa shape index (κ1) is 15.6. The number of carbonyl (C=O) groups excluding carboxylic acids is 1. The van der Waals surface area contributed by atoms with Crippen molar-refractivity contribution in [2.45, 2.75) is 12.8 Å². The summed E-state index contributed by atoms with van der Waals surface area (Å²) in [5, 5.41) is 3.20. The zero-order valence-electron chi connectivity index (χ0n) is 12.7. The summed E-state index contributed by atoms with van der Waals surface area (Å²) in [6, 6.07) is 7.44. The molecule has 0 aliphatic carbocycles. The van der Waals surface area contributed by atoms with Gasteiger partial charge in [-0.15, -0.1) is 0 Å². The zero-order valence-corrected chi connectivity index (χ0v) is 12.7. The lowest BCUT2D eigenvalue weighted by Gasteiger charge is -2.33. The highest BCUT2D eigenvalue weighted by atomic mass is 16.5. The first-order valence-corrected chi connectivity index (χ1v) is 7.53. The topological polar surface area (TPSA) is 41.6 Å². The van der Waals surface area contributed by atoms with Gasteiger partial charge in [0.2, 0.25) is 0 Å². The molecule has 1 unspecified atom stereocenters. The number of para-hydroxylation sites is 1. The predicted octanol–water partition coefficient (Wildman–Crippen LogP) is 2.32. The molecular weight excluding hydrogens is 264 g/mol. The number of likely N-dealkylation sites (tertiary alicyclic amines) is 1. The van der Waals surface area contributed by atoms with E-state index in [1.807, 2.05) is 36.2 Å². The lowest BCUT2D eigenvalue weighted by atomic mass is 9.97. The van der Waals surface area contributed by atoms with Crippen LogP contribution in [0, 0.1) is 5.92 Å². The summed E-state index contributed by atoms with van der Waals surface area (Å²) in [4.78, 5) is 14.7. The van der Waals surface area contributed by atoms with E-state index in [4.69, 9.17) is 4.74 Å². The third-order valence-electron chi connectivity index (χ3n) is 3.77. The van der Waals surface area contributed by atoms with Crippen molar-refractivity contribution in [3.63, 3.8) is 0 Å². The van der Waals surface area contributed by atoms with Gasteiger partial charge in [-0.2, -0.15) is 0 Å². The summed E-state index contributed by atoms with van der Waals surface area (Å²) in [5.74, 6) is 1.24. The minimum atomic E-state index is 0.0652. The smallest absolute Gasteiger partial charge is 0.257 e. The predicted molar refractivity (Wildman–Crippen MR) is 84.7 cm³/mol. The highest BCUT2D eigenvalue weighted by molar-refractivity contribution is 5.97. The van der Waals surface area contributed by atoms with Crippen LogP contribution < -0.4 is 10.1 Å². The monoisotopic (exact) mass is 288 g/mol. The Balaban J connectivity index is 2.10. The fourth-order valence-corrected chi connectivity index (χ4v) is 2.79. The van der Waals surface area contributed by atoms with Gasteiger partial charge in [-0.3, -0.25) is 4.79 Å². The molecular formula is C17H24N2O2. The summed E-state index contributed by atoms with van der Waals surface area (Å²) in [6.45, 7) is 6.65. The van der Waals surface area contributed by atoms with Gasteiger partial charge >= 0.3 is 0 Å². The van der Waals surface area contributed by atoms with Crippen LogP contribution in [0.2, 0.25) is 0 Å². The molecule has 1 fully saturated rings. The highest BCUT2D eigenvalue weighted by Gasteiger charge is 2.25. The van der Waals surface area contributed by atoms with Crippen LogP contribution >= 0.6 is 0 Å². The van der Waals surface area contributed by atoms with Crippen LogP contribution in [0.4, 0.5) is 0 Å². The number of hydrogen-bond acceptors (Lipinski definition) is 3. The molecule has 21 heavy (non-hydrogen) atoms. The fourth-order valence-electron chi connectivity index (χ4n) is 2.79. The van der Waals surface area contributed by atoms with Gasteiger partial charge in [0, 0.05) is 13.1 Å². The van der Waals surface area contributed by atoms with Gasteiger partial charge in [-0.05, 0) is 44.5 Å². The second-order valence-corrected chi connectivity index (χ2v) is 5.41. The van der Waals surface area contributed by atoms with Crippen molar-refractivity contribution in [3.05, 3.63) is 42.5 Å². The van der Waals surface area contributed by atoms with Crippen LogP contribution in [-0.2, 0) is 0 Å². The molecule has 1 N–H and O–H groups in total. The first-order chi connectivity index (χ1) is 10.3. The average molecular weight is 288 g/mol. The van der Waals surface area contributed by atoms with E-state index >= 15 is 0 Å². The molecule has 0 saturated carbocycles. The van der Waals surface area contributed by atoms with Crippen molar-refractivity contribution in [2.75, 3.05) is 33.3 Å². The average Bonchev–Trinajstić information content (AvgIpc) is 2.53. The molecule has 1 aromatic rings. The Kier molecular flexibility index (Phi) is 5.81.